The van der Waals surface area contributed by atoms with Crippen LogP contribution >= 0.6 is 0 Å². The third-order valence-electron chi connectivity index (χ3n) is 2.79. The maximum Gasteiger partial charge on any atom is 0.126 e. The van der Waals surface area contributed by atoms with Gasteiger partial charge in [0.1, 0.15) is 17.7 Å². The van der Waals surface area contributed by atoms with Crippen LogP contribution in [0.5, 0.6) is 0 Å². The average Bonchev–Trinajstić information content (AvgIpc) is 2.28. The molecule has 0 aliphatic carbocycles. The van der Waals surface area contributed by atoms with Crippen LogP contribution in [0.1, 0.15) is 30.9 Å². The molecule has 1 saturated heterocycles. The van der Waals surface area contributed by atoms with Crippen molar-refractivity contribution < 1.29 is 18.6 Å². The van der Waals surface area contributed by atoms with Gasteiger partial charge in [0.15, 0.2) is 0 Å². The summed E-state index contributed by atoms with van der Waals surface area (Å²) in [5.41, 5.74) is 0.240. The van der Waals surface area contributed by atoms with E-state index in [0.29, 0.717) is 6.61 Å². The molecule has 1 aromatic rings. The van der Waals surface area contributed by atoms with Gasteiger partial charge in [0.2, 0.25) is 0 Å². The highest BCUT2D eigenvalue weighted by atomic mass is 19.1. The van der Waals surface area contributed by atoms with Gasteiger partial charge in [-0.1, -0.05) is 0 Å². The zero-order valence-electron chi connectivity index (χ0n) is 8.83. The van der Waals surface area contributed by atoms with Crippen molar-refractivity contribution >= 4 is 0 Å². The molecule has 2 rings (SSSR count). The molecule has 1 aliphatic rings. The molecule has 88 valence electrons. The van der Waals surface area contributed by atoms with E-state index in [4.69, 9.17) is 4.74 Å². The molecule has 1 N–H and O–H groups in total. The number of rotatable bonds is 2. The summed E-state index contributed by atoms with van der Waals surface area (Å²) >= 11 is 0. The monoisotopic (exact) mass is 228 g/mol. The SMILES string of the molecule is OC(c1cc(F)cc(F)c1)C1CCCCO1. The van der Waals surface area contributed by atoms with E-state index in [2.05, 4.69) is 0 Å². The third kappa shape index (κ3) is 2.57. The molecule has 0 amide bonds. The van der Waals surface area contributed by atoms with Gasteiger partial charge in [-0.3, -0.25) is 0 Å². The second-order valence-electron chi connectivity index (χ2n) is 4.05. The first-order valence-corrected chi connectivity index (χ1v) is 5.42. The molecule has 1 aromatic carbocycles. The predicted molar refractivity (Wildman–Crippen MR) is 54.9 cm³/mol. The van der Waals surface area contributed by atoms with Gasteiger partial charge >= 0.3 is 0 Å². The fraction of sp³-hybridized carbons (Fsp3) is 0.500. The summed E-state index contributed by atoms with van der Waals surface area (Å²) in [4.78, 5) is 0. The van der Waals surface area contributed by atoms with E-state index < -0.39 is 17.7 Å². The quantitative estimate of drug-likeness (QED) is 0.843. The number of hydrogen-bond acceptors (Lipinski definition) is 2. The highest BCUT2D eigenvalue weighted by Gasteiger charge is 2.24. The number of benzene rings is 1. The highest BCUT2D eigenvalue weighted by molar-refractivity contribution is 5.21. The van der Waals surface area contributed by atoms with Crippen LogP contribution in [0.2, 0.25) is 0 Å². The minimum absolute atomic E-state index is 0.240. The summed E-state index contributed by atoms with van der Waals surface area (Å²) in [6.45, 7) is 0.597. The van der Waals surface area contributed by atoms with Crippen LogP contribution in [0.25, 0.3) is 0 Å². The Balaban J connectivity index is 2.15. The molecule has 1 heterocycles. The van der Waals surface area contributed by atoms with Crippen molar-refractivity contribution in [1.29, 1.82) is 0 Å². The number of hydrogen-bond donors (Lipinski definition) is 1. The number of aliphatic hydroxyl groups excluding tert-OH is 1. The minimum atomic E-state index is -0.953. The Morgan fingerprint density at radius 3 is 2.44 bits per heavy atom. The highest BCUT2D eigenvalue weighted by Crippen LogP contribution is 2.27. The van der Waals surface area contributed by atoms with Gasteiger partial charge in [-0.2, -0.15) is 0 Å². The Hall–Kier alpha value is -1.00. The molecule has 1 fully saturated rings. The zero-order chi connectivity index (χ0) is 11.5. The van der Waals surface area contributed by atoms with Crippen LogP contribution in [-0.4, -0.2) is 17.8 Å². The van der Waals surface area contributed by atoms with E-state index in [-0.39, 0.29) is 11.7 Å². The third-order valence-corrected chi connectivity index (χ3v) is 2.79. The summed E-state index contributed by atoms with van der Waals surface area (Å²) in [5.74, 6) is -1.35. The predicted octanol–water partition coefficient (Wildman–Crippen LogP) is 2.57. The maximum absolute atomic E-state index is 13.0. The van der Waals surface area contributed by atoms with Crippen molar-refractivity contribution in [2.24, 2.45) is 0 Å². The van der Waals surface area contributed by atoms with Crippen LogP contribution in [0, 0.1) is 11.6 Å². The second-order valence-corrected chi connectivity index (χ2v) is 4.05. The van der Waals surface area contributed by atoms with Crippen molar-refractivity contribution in [2.75, 3.05) is 6.61 Å². The fourth-order valence-electron chi connectivity index (χ4n) is 1.98. The van der Waals surface area contributed by atoms with Crippen molar-refractivity contribution in [1.82, 2.24) is 0 Å². The summed E-state index contributed by atoms with van der Waals surface area (Å²) in [6, 6.07) is 3.08. The Bertz CT molecular complexity index is 342. The molecule has 0 radical (unpaired) electrons. The topological polar surface area (TPSA) is 29.5 Å². The molecule has 0 aromatic heterocycles. The van der Waals surface area contributed by atoms with E-state index in [1.807, 2.05) is 0 Å². The molecular formula is C12H14F2O2. The second kappa shape index (κ2) is 4.89. The molecule has 0 bridgehead atoms. The molecule has 16 heavy (non-hydrogen) atoms. The lowest BCUT2D eigenvalue weighted by molar-refractivity contribution is -0.0635. The van der Waals surface area contributed by atoms with Gasteiger partial charge in [-0.15, -0.1) is 0 Å². The van der Waals surface area contributed by atoms with Crippen LogP contribution in [0.3, 0.4) is 0 Å². The Labute approximate surface area is 92.9 Å². The smallest absolute Gasteiger partial charge is 0.126 e. The van der Waals surface area contributed by atoms with E-state index in [1.54, 1.807) is 0 Å². The molecule has 4 heteroatoms. The van der Waals surface area contributed by atoms with Crippen molar-refractivity contribution in [3.63, 3.8) is 0 Å². The largest absolute Gasteiger partial charge is 0.386 e. The lowest BCUT2D eigenvalue weighted by Crippen LogP contribution is -2.26. The van der Waals surface area contributed by atoms with Gasteiger partial charge in [-0.05, 0) is 37.0 Å². The summed E-state index contributed by atoms with van der Waals surface area (Å²) in [5, 5.41) is 9.94. The van der Waals surface area contributed by atoms with Crippen LogP contribution in [0.4, 0.5) is 8.78 Å². The molecule has 1 aliphatic heterocycles. The Morgan fingerprint density at radius 2 is 1.88 bits per heavy atom. The van der Waals surface area contributed by atoms with E-state index in [9.17, 15) is 13.9 Å². The number of halogens is 2. The van der Waals surface area contributed by atoms with Gasteiger partial charge in [-0.25, -0.2) is 8.78 Å². The van der Waals surface area contributed by atoms with Crippen LogP contribution < -0.4 is 0 Å². The van der Waals surface area contributed by atoms with Crippen molar-refractivity contribution in [2.45, 2.75) is 31.5 Å². The lowest BCUT2D eigenvalue weighted by atomic mass is 9.98. The molecular weight excluding hydrogens is 214 g/mol. The molecule has 0 saturated carbocycles. The standard InChI is InChI=1S/C12H14F2O2/c13-9-5-8(6-10(14)7-9)12(15)11-3-1-2-4-16-11/h5-7,11-12,15H,1-4H2. The van der Waals surface area contributed by atoms with E-state index in [0.717, 1.165) is 37.5 Å². The van der Waals surface area contributed by atoms with E-state index >= 15 is 0 Å². The van der Waals surface area contributed by atoms with Gasteiger partial charge in [0.05, 0.1) is 6.10 Å². The maximum atomic E-state index is 13.0. The summed E-state index contributed by atoms with van der Waals surface area (Å²) in [6.07, 6.45) is 1.36. The first kappa shape index (κ1) is 11.5. The van der Waals surface area contributed by atoms with Crippen molar-refractivity contribution in [3.05, 3.63) is 35.4 Å². The zero-order valence-corrected chi connectivity index (χ0v) is 8.83. The molecule has 2 atom stereocenters. The van der Waals surface area contributed by atoms with Crippen molar-refractivity contribution in [3.8, 4) is 0 Å². The average molecular weight is 228 g/mol. The Kier molecular flexibility index (Phi) is 3.51. The molecule has 0 spiro atoms. The normalized spacial score (nSPS) is 23.1. The Morgan fingerprint density at radius 1 is 1.19 bits per heavy atom. The summed E-state index contributed by atoms with van der Waals surface area (Å²) < 4.78 is 31.3. The first-order valence-electron chi connectivity index (χ1n) is 5.42. The molecule has 2 nitrogen and oxygen atoms in total. The van der Waals surface area contributed by atoms with Gasteiger partial charge in [0, 0.05) is 12.7 Å². The van der Waals surface area contributed by atoms with Gasteiger partial charge < -0.3 is 9.84 Å². The van der Waals surface area contributed by atoms with E-state index in [1.165, 1.54) is 0 Å². The molecule has 2 unspecified atom stereocenters. The lowest BCUT2D eigenvalue weighted by Gasteiger charge is -2.27. The van der Waals surface area contributed by atoms with Crippen LogP contribution in [0.15, 0.2) is 18.2 Å². The number of aliphatic hydroxyl groups is 1. The van der Waals surface area contributed by atoms with Gasteiger partial charge in [0.25, 0.3) is 0 Å². The first-order chi connectivity index (χ1) is 7.66. The number of ether oxygens (including phenoxy) is 1. The minimum Gasteiger partial charge on any atom is -0.386 e. The van der Waals surface area contributed by atoms with Crippen LogP contribution in [-0.2, 0) is 4.74 Å². The summed E-state index contributed by atoms with van der Waals surface area (Å²) in [7, 11) is 0. The fourth-order valence-corrected chi connectivity index (χ4v) is 1.98.